The molecule has 1 aromatic carbocycles. The highest BCUT2D eigenvalue weighted by Gasteiger charge is 2.26. The summed E-state index contributed by atoms with van der Waals surface area (Å²) in [5.74, 6) is 1.39. The summed E-state index contributed by atoms with van der Waals surface area (Å²) in [4.78, 5) is 14.6. The lowest BCUT2D eigenvalue weighted by Gasteiger charge is -2.31. The summed E-state index contributed by atoms with van der Waals surface area (Å²) in [6.07, 6.45) is 5.80. The summed E-state index contributed by atoms with van der Waals surface area (Å²) in [5, 5.41) is 11.7. The SMILES string of the molecule is O=C(c1cn(C2CCNCC2)nn1)N1CCC(COc2ccccc2)CC1. The number of piperidine rings is 2. The number of amides is 1. The van der Waals surface area contributed by atoms with Crippen molar-refractivity contribution in [2.45, 2.75) is 31.7 Å². The fraction of sp³-hybridized carbons (Fsp3) is 0.550. The van der Waals surface area contributed by atoms with Crippen molar-refractivity contribution in [3.8, 4) is 5.75 Å². The summed E-state index contributed by atoms with van der Waals surface area (Å²) < 4.78 is 7.73. The molecule has 1 N–H and O–H groups in total. The van der Waals surface area contributed by atoms with E-state index in [4.69, 9.17) is 4.74 Å². The van der Waals surface area contributed by atoms with E-state index in [0.29, 0.717) is 24.3 Å². The van der Waals surface area contributed by atoms with Crippen LogP contribution in [0.5, 0.6) is 5.75 Å². The minimum atomic E-state index is -0.00221. The first-order valence-electron chi connectivity index (χ1n) is 9.89. The van der Waals surface area contributed by atoms with E-state index >= 15 is 0 Å². The Labute approximate surface area is 159 Å². The number of rotatable bonds is 5. The van der Waals surface area contributed by atoms with Gasteiger partial charge in [0.15, 0.2) is 5.69 Å². The van der Waals surface area contributed by atoms with Crippen molar-refractivity contribution in [1.82, 2.24) is 25.2 Å². The molecule has 0 bridgehead atoms. The molecule has 0 spiro atoms. The van der Waals surface area contributed by atoms with Crippen LogP contribution in [0.4, 0.5) is 0 Å². The van der Waals surface area contributed by atoms with Gasteiger partial charge in [-0.2, -0.15) is 0 Å². The third-order valence-electron chi connectivity index (χ3n) is 5.54. The number of hydrogen-bond donors (Lipinski definition) is 1. The van der Waals surface area contributed by atoms with Crippen LogP contribution >= 0.6 is 0 Å². The number of ether oxygens (including phenoxy) is 1. The molecule has 2 fully saturated rings. The van der Waals surface area contributed by atoms with Gasteiger partial charge < -0.3 is 15.0 Å². The van der Waals surface area contributed by atoms with Gasteiger partial charge in [0, 0.05) is 13.1 Å². The van der Waals surface area contributed by atoms with Crippen molar-refractivity contribution < 1.29 is 9.53 Å². The number of carbonyl (C=O) groups excluding carboxylic acids is 1. The Morgan fingerprint density at radius 3 is 2.59 bits per heavy atom. The lowest BCUT2D eigenvalue weighted by molar-refractivity contribution is 0.0655. The van der Waals surface area contributed by atoms with E-state index < -0.39 is 0 Å². The second-order valence-electron chi connectivity index (χ2n) is 7.42. The van der Waals surface area contributed by atoms with E-state index in [-0.39, 0.29) is 5.91 Å². The molecule has 2 saturated heterocycles. The molecule has 0 saturated carbocycles. The molecular weight excluding hydrogens is 342 g/mol. The number of benzene rings is 1. The molecule has 0 atom stereocenters. The Morgan fingerprint density at radius 1 is 1.11 bits per heavy atom. The van der Waals surface area contributed by atoms with E-state index in [1.807, 2.05) is 46.1 Å². The van der Waals surface area contributed by atoms with E-state index in [2.05, 4.69) is 15.6 Å². The molecule has 1 amide bonds. The summed E-state index contributed by atoms with van der Waals surface area (Å²) >= 11 is 0. The van der Waals surface area contributed by atoms with Gasteiger partial charge >= 0.3 is 0 Å². The third kappa shape index (κ3) is 4.47. The van der Waals surface area contributed by atoms with Crippen molar-refractivity contribution in [2.75, 3.05) is 32.8 Å². The lowest BCUT2D eigenvalue weighted by atomic mass is 9.97. The predicted molar refractivity (Wildman–Crippen MR) is 102 cm³/mol. The van der Waals surface area contributed by atoms with Crippen molar-refractivity contribution in [2.24, 2.45) is 5.92 Å². The summed E-state index contributed by atoms with van der Waals surface area (Å²) in [6, 6.07) is 10.2. The van der Waals surface area contributed by atoms with Crippen LogP contribution in [0.2, 0.25) is 0 Å². The van der Waals surface area contributed by atoms with Crippen LogP contribution in [-0.2, 0) is 0 Å². The smallest absolute Gasteiger partial charge is 0.276 e. The van der Waals surface area contributed by atoms with Gasteiger partial charge in [0.05, 0.1) is 18.8 Å². The van der Waals surface area contributed by atoms with Gasteiger partial charge in [-0.1, -0.05) is 23.4 Å². The zero-order valence-corrected chi connectivity index (χ0v) is 15.6. The lowest BCUT2D eigenvalue weighted by Crippen LogP contribution is -2.39. The Bertz CT molecular complexity index is 734. The first kappa shape index (κ1) is 18.0. The van der Waals surface area contributed by atoms with Gasteiger partial charge in [0.2, 0.25) is 0 Å². The predicted octanol–water partition coefficient (Wildman–Crippen LogP) is 2.13. The summed E-state index contributed by atoms with van der Waals surface area (Å²) in [6.45, 7) is 4.19. The van der Waals surface area contributed by atoms with Crippen molar-refractivity contribution >= 4 is 5.91 Å². The number of nitrogens with one attached hydrogen (secondary N) is 1. The van der Waals surface area contributed by atoms with Crippen LogP contribution in [0, 0.1) is 5.92 Å². The van der Waals surface area contributed by atoms with E-state index in [0.717, 1.165) is 57.6 Å². The highest BCUT2D eigenvalue weighted by Crippen LogP contribution is 2.21. The Balaban J connectivity index is 1.26. The largest absolute Gasteiger partial charge is 0.493 e. The molecule has 2 aliphatic heterocycles. The van der Waals surface area contributed by atoms with Gasteiger partial charge in [0.25, 0.3) is 5.91 Å². The number of nitrogens with zero attached hydrogens (tertiary/aromatic N) is 4. The molecule has 7 nitrogen and oxygen atoms in total. The van der Waals surface area contributed by atoms with Crippen LogP contribution in [0.1, 0.15) is 42.2 Å². The second kappa shape index (κ2) is 8.52. The molecule has 4 rings (SSSR count). The average Bonchev–Trinajstić information content (AvgIpc) is 3.24. The molecule has 1 aromatic heterocycles. The monoisotopic (exact) mass is 369 g/mol. The molecule has 7 heteroatoms. The van der Waals surface area contributed by atoms with Crippen molar-refractivity contribution in [3.05, 3.63) is 42.2 Å². The Morgan fingerprint density at radius 2 is 1.85 bits per heavy atom. The molecular formula is C20H27N5O2. The van der Waals surface area contributed by atoms with Crippen molar-refractivity contribution in [1.29, 1.82) is 0 Å². The molecule has 0 radical (unpaired) electrons. The zero-order chi connectivity index (χ0) is 18.5. The van der Waals surface area contributed by atoms with Crippen molar-refractivity contribution in [3.63, 3.8) is 0 Å². The molecule has 0 unspecified atom stereocenters. The summed E-state index contributed by atoms with van der Waals surface area (Å²) in [5.41, 5.74) is 0.465. The van der Waals surface area contributed by atoms with Gasteiger partial charge in [-0.25, -0.2) is 4.68 Å². The molecule has 2 aromatic rings. The maximum Gasteiger partial charge on any atom is 0.276 e. The number of para-hydroxylation sites is 1. The molecule has 144 valence electrons. The number of aromatic nitrogens is 3. The highest BCUT2D eigenvalue weighted by atomic mass is 16.5. The second-order valence-corrected chi connectivity index (χ2v) is 7.42. The van der Waals surface area contributed by atoms with Crippen LogP contribution in [0.25, 0.3) is 0 Å². The zero-order valence-electron chi connectivity index (χ0n) is 15.6. The van der Waals surface area contributed by atoms with Crippen LogP contribution < -0.4 is 10.1 Å². The maximum absolute atomic E-state index is 12.7. The van der Waals surface area contributed by atoms with E-state index in [1.165, 1.54) is 0 Å². The first-order chi connectivity index (χ1) is 13.3. The summed E-state index contributed by atoms with van der Waals surface area (Å²) in [7, 11) is 0. The number of likely N-dealkylation sites (tertiary alicyclic amines) is 1. The maximum atomic E-state index is 12.7. The fourth-order valence-electron chi connectivity index (χ4n) is 3.82. The van der Waals surface area contributed by atoms with Crippen LogP contribution in [0.15, 0.2) is 36.5 Å². The van der Waals surface area contributed by atoms with E-state index in [1.54, 1.807) is 0 Å². The Hall–Kier alpha value is -2.41. The van der Waals surface area contributed by atoms with Gasteiger partial charge in [-0.05, 0) is 56.8 Å². The van der Waals surface area contributed by atoms with Crippen LogP contribution in [0.3, 0.4) is 0 Å². The minimum absolute atomic E-state index is 0.00221. The van der Waals surface area contributed by atoms with Gasteiger partial charge in [-0.15, -0.1) is 5.10 Å². The fourth-order valence-corrected chi connectivity index (χ4v) is 3.82. The quantitative estimate of drug-likeness (QED) is 0.874. The highest BCUT2D eigenvalue weighted by molar-refractivity contribution is 5.92. The van der Waals surface area contributed by atoms with Gasteiger partial charge in [0.1, 0.15) is 5.75 Å². The number of hydrogen-bond acceptors (Lipinski definition) is 5. The average molecular weight is 369 g/mol. The standard InChI is InChI=1S/C20H27N5O2/c26-20(19-14-25(23-22-19)17-6-10-21-11-7-17)24-12-8-16(9-13-24)15-27-18-4-2-1-3-5-18/h1-5,14,16-17,21H,6-13,15H2. The first-order valence-corrected chi connectivity index (χ1v) is 9.89. The molecule has 2 aliphatic rings. The molecule has 0 aliphatic carbocycles. The molecule has 27 heavy (non-hydrogen) atoms. The normalized spacial score (nSPS) is 19.2. The van der Waals surface area contributed by atoms with Gasteiger partial charge in [-0.3, -0.25) is 4.79 Å². The third-order valence-corrected chi connectivity index (χ3v) is 5.54. The minimum Gasteiger partial charge on any atom is -0.493 e. The van der Waals surface area contributed by atoms with Crippen LogP contribution in [-0.4, -0.2) is 58.6 Å². The topological polar surface area (TPSA) is 72.3 Å². The number of carbonyl (C=O) groups is 1. The molecule has 3 heterocycles. The Kier molecular flexibility index (Phi) is 5.67. The van der Waals surface area contributed by atoms with E-state index in [9.17, 15) is 4.79 Å².